The van der Waals surface area contributed by atoms with Crippen LogP contribution in [0.15, 0.2) is 24.3 Å². The Morgan fingerprint density at radius 2 is 1.71 bits per heavy atom. The van der Waals surface area contributed by atoms with E-state index in [1.807, 2.05) is 0 Å². The first-order valence-corrected chi connectivity index (χ1v) is 5.60. The first kappa shape index (κ1) is 15.1. The lowest BCUT2D eigenvalue weighted by molar-refractivity contribution is -0.0553. The largest absolute Gasteiger partial charge is 0.435 e. The minimum absolute atomic E-state index is 0.0506. The van der Waals surface area contributed by atoms with Crippen molar-refractivity contribution in [3.63, 3.8) is 0 Å². The van der Waals surface area contributed by atoms with Crippen LogP contribution in [0.4, 0.5) is 22.0 Å². The van der Waals surface area contributed by atoms with Crippen LogP contribution in [-0.2, 0) is 7.05 Å². The molecule has 0 aliphatic carbocycles. The van der Waals surface area contributed by atoms with Crippen molar-refractivity contribution in [1.29, 1.82) is 0 Å². The number of nitrogens with zero attached hydrogens (tertiary/aromatic N) is 2. The van der Waals surface area contributed by atoms with E-state index in [0.29, 0.717) is 0 Å². The number of alkyl halides is 4. The molecule has 2 aromatic rings. The van der Waals surface area contributed by atoms with Crippen molar-refractivity contribution in [2.24, 2.45) is 7.05 Å². The smallest absolute Gasteiger partial charge is 0.388 e. The molecule has 9 heteroatoms. The summed E-state index contributed by atoms with van der Waals surface area (Å²) in [5.41, 5.74) is -0.224. The van der Waals surface area contributed by atoms with Gasteiger partial charge in [0, 0.05) is 18.7 Å². The molecule has 1 heterocycles. The Morgan fingerprint density at radius 1 is 1.05 bits per heavy atom. The third-order valence-electron chi connectivity index (χ3n) is 2.49. The van der Waals surface area contributed by atoms with Gasteiger partial charge in [-0.1, -0.05) is 0 Å². The minimum Gasteiger partial charge on any atom is -0.435 e. The molecule has 0 atom stereocenters. The average Bonchev–Trinajstić information content (AvgIpc) is 2.72. The molecule has 0 aliphatic rings. The normalized spacial score (nSPS) is 11.2. The van der Waals surface area contributed by atoms with Gasteiger partial charge in [-0.15, -0.1) is 0 Å². The molecule has 0 N–H and O–H groups in total. The molecule has 114 valence electrons. The summed E-state index contributed by atoms with van der Waals surface area (Å²) in [7, 11) is 1.32. The number of aryl methyl sites for hydroxylation is 1. The van der Waals surface area contributed by atoms with Gasteiger partial charge >= 0.3 is 13.2 Å². The lowest BCUT2D eigenvalue weighted by atomic mass is 10.1. The zero-order valence-corrected chi connectivity index (χ0v) is 10.6. The van der Waals surface area contributed by atoms with E-state index in [9.17, 15) is 22.0 Å². The molecule has 0 fully saturated rings. The molecule has 0 unspecified atom stereocenters. The number of hydrogen-bond donors (Lipinski definition) is 0. The van der Waals surface area contributed by atoms with E-state index in [1.54, 1.807) is 0 Å². The SMILES string of the molecule is Cn1nc(-c2cc(OC(F)F)ccc2F)cc1OC(F)F. The van der Waals surface area contributed by atoms with Gasteiger partial charge < -0.3 is 9.47 Å². The number of hydrogen-bond acceptors (Lipinski definition) is 3. The second-order valence-corrected chi connectivity index (χ2v) is 3.89. The van der Waals surface area contributed by atoms with Gasteiger partial charge in [-0.3, -0.25) is 0 Å². The molecule has 0 spiro atoms. The summed E-state index contributed by atoms with van der Waals surface area (Å²) in [6.45, 7) is -6.13. The summed E-state index contributed by atoms with van der Waals surface area (Å²) >= 11 is 0. The molecule has 0 aliphatic heterocycles. The fourth-order valence-corrected chi connectivity index (χ4v) is 1.66. The minimum atomic E-state index is -3.07. The number of rotatable bonds is 5. The molecular weight excluding hydrogens is 299 g/mol. The third kappa shape index (κ3) is 3.61. The first-order valence-electron chi connectivity index (χ1n) is 5.60. The van der Waals surface area contributed by atoms with Crippen LogP contribution < -0.4 is 9.47 Å². The summed E-state index contributed by atoms with van der Waals surface area (Å²) in [6.07, 6.45) is 0. The molecule has 1 aromatic heterocycles. The van der Waals surface area contributed by atoms with Gasteiger partial charge in [0.2, 0.25) is 5.88 Å². The molecule has 0 saturated heterocycles. The maximum absolute atomic E-state index is 13.7. The number of aromatic nitrogens is 2. The van der Waals surface area contributed by atoms with Gasteiger partial charge in [0.25, 0.3) is 0 Å². The van der Waals surface area contributed by atoms with E-state index in [0.717, 1.165) is 28.9 Å². The van der Waals surface area contributed by atoms with Gasteiger partial charge in [0.05, 0.1) is 5.69 Å². The Balaban J connectivity index is 2.36. The monoisotopic (exact) mass is 308 g/mol. The number of benzene rings is 1. The fraction of sp³-hybridized carbons (Fsp3) is 0.250. The Kier molecular flexibility index (Phi) is 4.29. The molecule has 4 nitrogen and oxygen atoms in total. The second-order valence-electron chi connectivity index (χ2n) is 3.89. The van der Waals surface area contributed by atoms with E-state index in [1.165, 1.54) is 7.05 Å². The summed E-state index contributed by atoms with van der Waals surface area (Å²) in [5.74, 6) is -1.33. The molecule has 2 rings (SSSR count). The van der Waals surface area contributed by atoms with E-state index in [2.05, 4.69) is 14.6 Å². The van der Waals surface area contributed by atoms with Crippen LogP contribution >= 0.6 is 0 Å². The van der Waals surface area contributed by atoms with Crippen molar-refractivity contribution in [2.45, 2.75) is 13.2 Å². The van der Waals surface area contributed by atoms with Crippen molar-refractivity contribution in [3.05, 3.63) is 30.1 Å². The molecule has 21 heavy (non-hydrogen) atoms. The Bertz CT molecular complexity index is 630. The highest BCUT2D eigenvalue weighted by Crippen LogP contribution is 2.29. The van der Waals surface area contributed by atoms with Gasteiger partial charge in [-0.05, 0) is 18.2 Å². The Morgan fingerprint density at radius 3 is 2.33 bits per heavy atom. The first-order chi connectivity index (χ1) is 9.86. The lowest BCUT2D eigenvalue weighted by Gasteiger charge is -2.06. The Labute approximate surface area is 115 Å². The number of halogens is 5. The van der Waals surface area contributed by atoms with Gasteiger partial charge in [0.15, 0.2) is 0 Å². The lowest BCUT2D eigenvalue weighted by Crippen LogP contribution is -2.05. The topological polar surface area (TPSA) is 36.3 Å². The van der Waals surface area contributed by atoms with Crippen molar-refractivity contribution in [2.75, 3.05) is 0 Å². The standard InChI is InChI=1S/C12H9F5N2O2/c1-19-10(21-12(16)17)5-9(18-19)7-4-6(20-11(14)15)2-3-8(7)13/h2-5,11-12H,1H3. The molecule has 0 radical (unpaired) electrons. The molecule has 0 amide bonds. The van der Waals surface area contributed by atoms with Gasteiger partial charge in [-0.2, -0.15) is 22.7 Å². The van der Waals surface area contributed by atoms with Crippen LogP contribution in [0, 0.1) is 5.82 Å². The summed E-state index contributed by atoms with van der Waals surface area (Å²) in [6, 6.07) is 3.99. The highest BCUT2D eigenvalue weighted by molar-refractivity contribution is 5.63. The molecule has 0 saturated carbocycles. The van der Waals surface area contributed by atoms with Crippen LogP contribution in [0.3, 0.4) is 0 Å². The second kappa shape index (κ2) is 5.98. The quantitative estimate of drug-likeness (QED) is 0.794. The maximum atomic E-state index is 13.7. The van der Waals surface area contributed by atoms with Crippen molar-refractivity contribution >= 4 is 0 Å². The molecular formula is C12H9F5N2O2. The summed E-state index contributed by atoms with van der Waals surface area (Å²) in [4.78, 5) is 0. The summed E-state index contributed by atoms with van der Waals surface area (Å²) < 4.78 is 71.6. The van der Waals surface area contributed by atoms with E-state index >= 15 is 0 Å². The van der Waals surface area contributed by atoms with Crippen molar-refractivity contribution < 1.29 is 31.4 Å². The van der Waals surface area contributed by atoms with Crippen LogP contribution in [0.2, 0.25) is 0 Å². The maximum Gasteiger partial charge on any atom is 0.388 e. The van der Waals surface area contributed by atoms with E-state index in [4.69, 9.17) is 0 Å². The number of ether oxygens (including phenoxy) is 2. The van der Waals surface area contributed by atoms with Gasteiger partial charge in [-0.25, -0.2) is 9.07 Å². The third-order valence-corrected chi connectivity index (χ3v) is 2.49. The highest BCUT2D eigenvalue weighted by Gasteiger charge is 2.16. The molecule has 0 bridgehead atoms. The van der Waals surface area contributed by atoms with Gasteiger partial charge in [0.1, 0.15) is 11.6 Å². The average molecular weight is 308 g/mol. The predicted octanol–water partition coefficient (Wildman–Crippen LogP) is 3.43. The zero-order valence-electron chi connectivity index (χ0n) is 10.6. The molecule has 1 aromatic carbocycles. The van der Waals surface area contributed by atoms with E-state index in [-0.39, 0.29) is 22.9 Å². The highest BCUT2D eigenvalue weighted by atomic mass is 19.3. The predicted molar refractivity (Wildman–Crippen MR) is 61.9 cm³/mol. The van der Waals surface area contributed by atoms with Crippen LogP contribution in [0.5, 0.6) is 11.6 Å². The van der Waals surface area contributed by atoms with Crippen molar-refractivity contribution in [1.82, 2.24) is 9.78 Å². The van der Waals surface area contributed by atoms with Crippen LogP contribution in [-0.4, -0.2) is 23.0 Å². The van der Waals surface area contributed by atoms with Crippen LogP contribution in [0.1, 0.15) is 0 Å². The summed E-state index contributed by atoms with van der Waals surface area (Å²) in [5, 5.41) is 3.79. The fourth-order valence-electron chi connectivity index (χ4n) is 1.66. The van der Waals surface area contributed by atoms with Crippen molar-refractivity contribution in [3.8, 4) is 22.9 Å². The van der Waals surface area contributed by atoms with Crippen LogP contribution in [0.25, 0.3) is 11.3 Å². The zero-order chi connectivity index (χ0) is 15.6. The van der Waals surface area contributed by atoms with E-state index < -0.39 is 19.0 Å². The Hall–Kier alpha value is -2.32.